The predicted octanol–water partition coefficient (Wildman–Crippen LogP) is 2.75. The molecule has 15 heavy (non-hydrogen) atoms. The van der Waals surface area contributed by atoms with E-state index in [0.717, 1.165) is 6.07 Å². The molecule has 0 aliphatic heterocycles. The van der Waals surface area contributed by atoms with Crippen LogP contribution in [0.2, 0.25) is 0 Å². The van der Waals surface area contributed by atoms with E-state index in [0.29, 0.717) is 0 Å². The fraction of sp³-hybridized carbons (Fsp3) is 0.250. The number of hydrogen-bond acceptors (Lipinski definition) is 2. The standard InChI is InChI=1S/C8H5BrF3NO2/c9-2-3-1-4(8(14)15)7(12)13-5(3)6(10)11/h1,6H,2H2,(H,14,15). The zero-order valence-electron chi connectivity index (χ0n) is 7.18. The highest BCUT2D eigenvalue weighted by molar-refractivity contribution is 9.08. The van der Waals surface area contributed by atoms with Crippen molar-refractivity contribution in [3.05, 3.63) is 28.8 Å². The Hall–Kier alpha value is -1.11. The van der Waals surface area contributed by atoms with Crippen molar-refractivity contribution >= 4 is 21.9 Å². The van der Waals surface area contributed by atoms with Crippen molar-refractivity contribution in [1.29, 1.82) is 0 Å². The van der Waals surface area contributed by atoms with Gasteiger partial charge in [0.1, 0.15) is 11.3 Å². The quantitative estimate of drug-likeness (QED) is 0.686. The molecule has 1 heterocycles. The Labute approximate surface area is 91.1 Å². The summed E-state index contributed by atoms with van der Waals surface area (Å²) in [6.45, 7) is 0. The van der Waals surface area contributed by atoms with Gasteiger partial charge in [0.2, 0.25) is 5.95 Å². The summed E-state index contributed by atoms with van der Waals surface area (Å²) in [5.74, 6) is -2.94. The molecule has 0 spiro atoms. The Morgan fingerprint density at radius 3 is 2.60 bits per heavy atom. The summed E-state index contributed by atoms with van der Waals surface area (Å²) in [6.07, 6.45) is -2.94. The highest BCUT2D eigenvalue weighted by Crippen LogP contribution is 2.24. The minimum Gasteiger partial charge on any atom is -0.478 e. The average molecular weight is 284 g/mol. The number of aromatic nitrogens is 1. The molecular weight excluding hydrogens is 279 g/mol. The number of carbonyl (C=O) groups is 1. The molecule has 0 saturated heterocycles. The van der Waals surface area contributed by atoms with E-state index in [1.54, 1.807) is 0 Å². The number of alkyl halides is 3. The van der Waals surface area contributed by atoms with Gasteiger partial charge in [0.15, 0.2) is 0 Å². The van der Waals surface area contributed by atoms with E-state index in [4.69, 9.17) is 5.11 Å². The van der Waals surface area contributed by atoms with Gasteiger partial charge in [0.05, 0.1) is 0 Å². The van der Waals surface area contributed by atoms with Gasteiger partial charge in [-0.15, -0.1) is 0 Å². The monoisotopic (exact) mass is 283 g/mol. The summed E-state index contributed by atoms with van der Waals surface area (Å²) in [5.41, 5.74) is -1.49. The molecule has 0 unspecified atom stereocenters. The minimum absolute atomic E-state index is 0.0137. The average Bonchev–Trinajstić information content (AvgIpc) is 2.16. The zero-order valence-corrected chi connectivity index (χ0v) is 8.76. The molecule has 1 rings (SSSR count). The molecule has 0 fully saturated rings. The van der Waals surface area contributed by atoms with Gasteiger partial charge < -0.3 is 5.11 Å². The smallest absolute Gasteiger partial charge is 0.340 e. The summed E-state index contributed by atoms with van der Waals surface area (Å²) in [4.78, 5) is 13.4. The van der Waals surface area contributed by atoms with Crippen LogP contribution in [0.15, 0.2) is 6.07 Å². The lowest BCUT2D eigenvalue weighted by Crippen LogP contribution is -2.08. The number of carboxylic acids is 1. The second-order valence-corrected chi connectivity index (χ2v) is 3.17. The van der Waals surface area contributed by atoms with Gasteiger partial charge in [-0.05, 0) is 11.6 Å². The Morgan fingerprint density at radius 2 is 2.20 bits per heavy atom. The summed E-state index contributed by atoms with van der Waals surface area (Å²) >= 11 is 2.90. The van der Waals surface area contributed by atoms with Crippen molar-refractivity contribution in [3.8, 4) is 0 Å². The third kappa shape index (κ3) is 2.47. The number of carboxylic acid groups (broad SMARTS) is 1. The van der Waals surface area contributed by atoms with Gasteiger partial charge in [0.25, 0.3) is 6.43 Å². The number of nitrogens with zero attached hydrogens (tertiary/aromatic N) is 1. The third-order valence-corrected chi connectivity index (χ3v) is 2.27. The summed E-state index contributed by atoms with van der Waals surface area (Å²) < 4.78 is 37.6. The topological polar surface area (TPSA) is 50.2 Å². The minimum atomic E-state index is -2.94. The van der Waals surface area contributed by atoms with Gasteiger partial charge in [0, 0.05) is 5.33 Å². The van der Waals surface area contributed by atoms with Crippen LogP contribution in [-0.4, -0.2) is 16.1 Å². The van der Waals surface area contributed by atoms with Crippen LogP contribution >= 0.6 is 15.9 Å². The SMILES string of the molecule is O=C(O)c1cc(CBr)c(C(F)F)nc1F. The molecule has 0 radical (unpaired) electrons. The van der Waals surface area contributed by atoms with Crippen molar-refractivity contribution in [2.75, 3.05) is 0 Å². The molecule has 1 aromatic rings. The third-order valence-electron chi connectivity index (χ3n) is 1.67. The van der Waals surface area contributed by atoms with E-state index in [-0.39, 0.29) is 10.9 Å². The first kappa shape index (κ1) is 12.0. The maximum Gasteiger partial charge on any atom is 0.340 e. The van der Waals surface area contributed by atoms with Gasteiger partial charge >= 0.3 is 5.97 Å². The van der Waals surface area contributed by atoms with Crippen LogP contribution < -0.4 is 0 Å². The lowest BCUT2D eigenvalue weighted by Gasteiger charge is -2.07. The second kappa shape index (κ2) is 4.61. The lowest BCUT2D eigenvalue weighted by molar-refractivity contribution is 0.0689. The van der Waals surface area contributed by atoms with E-state index in [1.165, 1.54) is 0 Å². The summed E-state index contributed by atoms with van der Waals surface area (Å²) in [7, 11) is 0. The number of halogens is 4. The van der Waals surface area contributed by atoms with Gasteiger partial charge in [-0.1, -0.05) is 15.9 Å². The Kier molecular flexibility index (Phi) is 3.67. The Morgan fingerprint density at radius 1 is 1.60 bits per heavy atom. The van der Waals surface area contributed by atoms with E-state index < -0.39 is 29.6 Å². The highest BCUT2D eigenvalue weighted by Gasteiger charge is 2.20. The van der Waals surface area contributed by atoms with Crippen LogP contribution in [-0.2, 0) is 5.33 Å². The first-order valence-electron chi connectivity index (χ1n) is 3.74. The zero-order chi connectivity index (χ0) is 11.6. The second-order valence-electron chi connectivity index (χ2n) is 2.61. The van der Waals surface area contributed by atoms with Crippen molar-refractivity contribution in [2.45, 2.75) is 11.8 Å². The van der Waals surface area contributed by atoms with Crippen molar-refractivity contribution < 1.29 is 23.1 Å². The van der Waals surface area contributed by atoms with E-state index in [9.17, 15) is 18.0 Å². The maximum absolute atomic E-state index is 12.9. The first-order chi connectivity index (χ1) is 6.97. The van der Waals surface area contributed by atoms with Crippen LogP contribution in [0.25, 0.3) is 0 Å². The number of pyridine rings is 1. The molecule has 7 heteroatoms. The molecule has 0 aromatic carbocycles. The summed E-state index contributed by atoms with van der Waals surface area (Å²) in [6, 6.07) is 0.848. The number of aromatic carboxylic acids is 1. The van der Waals surface area contributed by atoms with E-state index in [2.05, 4.69) is 20.9 Å². The van der Waals surface area contributed by atoms with Gasteiger partial charge in [-0.2, -0.15) is 4.39 Å². The molecule has 1 aromatic heterocycles. The molecule has 0 aliphatic carbocycles. The Balaban J connectivity index is 3.35. The van der Waals surface area contributed by atoms with Crippen LogP contribution in [0.5, 0.6) is 0 Å². The Bertz CT molecular complexity index is 398. The molecular formula is C8H5BrF3NO2. The molecule has 0 bridgehead atoms. The predicted molar refractivity (Wildman–Crippen MR) is 48.7 cm³/mol. The van der Waals surface area contributed by atoms with Gasteiger partial charge in [-0.3, -0.25) is 0 Å². The fourth-order valence-corrected chi connectivity index (χ4v) is 1.44. The van der Waals surface area contributed by atoms with Crippen molar-refractivity contribution in [1.82, 2.24) is 4.98 Å². The maximum atomic E-state index is 12.9. The number of hydrogen-bond donors (Lipinski definition) is 1. The molecule has 1 N–H and O–H groups in total. The van der Waals surface area contributed by atoms with Crippen molar-refractivity contribution in [3.63, 3.8) is 0 Å². The largest absolute Gasteiger partial charge is 0.478 e. The molecule has 0 amide bonds. The highest BCUT2D eigenvalue weighted by atomic mass is 79.9. The van der Waals surface area contributed by atoms with Crippen molar-refractivity contribution in [2.24, 2.45) is 0 Å². The van der Waals surface area contributed by atoms with E-state index >= 15 is 0 Å². The van der Waals surface area contributed by atoms with Crippen LogP contribution in [0.1, 0.15) is 28.0 Å². The van der Waals surface area contributed by atoms with Crippen LogP contribution in [0.3, 0.4) is 0 Å². The molecule has 3 nitrogen and oxygen atoms in total. The lowest BCUT2D eigenvalue weighted by atomic mass is 10.1. The molecule has 82 valence electrons. The normalized spacial score (nSPS) is 10.7. The van der Waals surface area contributed by atoms with Crippen LogP contribution in [0.4, 0.5) is 13.2 Å². The summed E-state index contributed by atoms with van der Waals surface area (Å²) in [5, 5.41) is 8.52. The van der Waals surface area contributed by atoms with E-state index in [1.807, 2.05) is 0 Å². The first-order valence-corrected chi connectivity index (χ1v) is 4.86. The van der Waals surface area contributed by atoms with Crippen LogP contribution in [0, 0.1) is 5.95 Å². The van der Waals surface area contributed by atoms with Gasteiger partial charge in [-0.25, -0.2) is 18.6 Å². The molecule has 0 aliphatic rings. The number of rotatable bonds is 3. The molecule has 0 atom stereocenters. The molecule has 0 saturated carbocycles. The fourth-order valence-electron chi connectivity index (χ4n) is 0.991.